The number of rotatable bonds is 3. The molecule has 1 rings (SSSR count). The standard InChI is InChI=1S/C10H20N2OS2/c1-10(2,3)7-5-12-8(13-7)6-15-9(14)4-11/h4,7-8,12,14H,5-6,11H2,1-3H3/b9-4+. The van der Waals surface area contributed by atoms with Gasteiger partial charge in [-0.1, -0.05) is 20.8 Å². The van der Waals surface area contributed by atoms with Crippen molar-refractivity contribution in [1.29, 1.82) is 0 Å². The highest BCUT2D eigenvalue weighted by atomic mass is 32.2. The van der Waals surface area contributed by atoms with E-state index in [1.807, 2.05) is 0 Å². The maximum absolute atomic E-state index is 5.89. The average molecular weight is 248 g/mol. The van der Waals surface area contributed by atoms with Gasteiger partial charge in [0, 0.05) is 18.5 Å². The molecule has 3 N–H and O–H groups in total. The second kappa shape index (κ2) is 5.48. The van der Waals surface area contributed by atoms with Crippen LogP contribution in [0.1, 0.15) is 20.8 Å². The van der Waals surface area contributed by atoms with Crippen LogP contribution in [0.25, 0.3) is 0 Å². The number of nitrogens with one attached hydrogen (secondary N) is 1. The molecule has 1 aliphatic rings. The zero-order valence-electron chi connectivity index (χ0n) is 9.49. The highest BCUT2D eigenvalue weighted by molar-refractivity contribution is 8.15. The van der Waals surface area contributed by atoms with E-state index in [-0.39, 0.29) is 17.7 Å². The Hall–Kier alpha value is 0.160. The summed E-state index contributed by atoms with van der Waals surface area (Å²) in [7, 11) is 0. The van der Waals surface area contributed by atoms with Gasteiger partial charge in [-0.15, -0.1) is 24.4 Å². The molecule has 0 aliphatic carbocycles. The third-order valence-electron chi connectivity index (χ3n) is 2.35. The van der Waals surface area contributed by atoms with Gasteiger partial charge in [-0.2, -0.15) is 0 Å². The monoisotopic (exact) mass is 248 g/mol. The Kier molecular flexibility index (Phi) is 4.83. The SMILES string of the molecule is CC(C)(C)C1CNC(CS/C(S)=C/N)O1. The predicted molar refractivity (Wildman–Crippen MR) is 69.8 cm³/mol. The van der Waals surface area contributed by atoms with Crippen molar-refractivity contribution in [1.82, 2.24) is 5.32 Å². The molecule has 0 spiro atoms. The Morgan fingerprint density at radius 2 is 2.33 bits per heavy atom. The van der Waals surface area contributed by atoms with Crippen LogP contribution in [-0.4, -0.2) is 24.6 Å². The molecule has 88 valence electrons. The lowest BCUT2D eigenvalue weighted by atomic mass is 9.89. The van der Waals surface area contributed by atoms with Crippen molar-refractivity contribution in [3.05, 3.63) is 10.4 Å². The fourth-order valence-electron chi connectivity index (χ4n) is 1.35. The van der Waals surface area contributed by atoms with Crippen LogP contribution >= 0.6 is 24.4 Å². The summed E-state index contributed by atoms with van der Waals surface area (Å²) in [6.45, 7) is 7.50. The number of thiol groups is 1. The Balaban J connectivity index is 2.31. The number of hydrogen-bond donors (Lipinski definition) is 3. The van der Waals surface area contributed by atoms with Gasteiger partial charge in [0.15, 0.2) is 0 Å². The van der Waals surface area contributed by atoms with Crippen LogP contribution in [0.15, 0.2) is 10.4 Å². The van der Waals surface area contributed by atoms with E-state index in [0.717, 1.165) is 16.5 Å². The molecular formula is C10H20N2OS2. The van der Waals surface area contributed by atoms with Gasteiger partial charge in [0.25, 0.3) is 0 Å². The minimum atomic E-state index is 0.112. The summed E-state index contributed by atoms with van der Waals surface area (Å²) < 4.78 is 6.72. The van der Waals surface area contributed by atoms with Crippen LogP contribution in [0.4, 0.5) is 0 Å². The van der Waals surface area contributed by atoms with Crippen molar-refractivity contribution in [3.8, 4) is 0 Å². The molecular weight excluding hydrogens is 228 g/mol. The second-order valence-corrected chi connectivity index (χ2v) is 6.55. The Morgan fingerprint density at radius 1 is 1.67 bits per heavy atom. The van der Waals surface area contributed by atoms with Gasteiger partial charge < -0.3 is 10.5 Å². The van der Waals surface area contributed by atoms with E-state index in [4.69, 9.17) is 10.5 Å². The number of ether oxygens (including phenoxy) is 1. The lowest BCUT2D eigenvalue weighted by Gasteiger charge is -2.25. The zero-order valence-corrected chi connectivity index (χ0v) is 11.2. The fraction of sp³-hybridized carbons (Fsp3) is 0.800. The Bertz CT molecular complexity index is 238. The van der Waals surface area contributed by atoms with Crippen molar-refractivity contribution in [2.75, 3.05) is 12.3 Å². The van der Waals surface area contributed by atoms with Crippen LogP contribution in [0.3, 0.4) is 0 Å². The van der Waals surface area contributed by atoms with Crippen molar-refractivity contribution in [2.45, 2.75) is 33.1 Å². The number of nitrogens with two attached hydrogens (primary N) is 1. The number of thioether (sulfide) groups is 1. The first-order chi connectivity index (χ1) is 6.93. The minimum absolute atomic E-state index is 0.112. The Labute approximate surface area is 102 Å². The lowest BCUT2D eigenvalue weighted by Crippen LogP contribution is -2.29. The maximum Gasteiger partial charge on any atom is 0.118 e. The molecule has 0 aromatic rings. The molecule has 0 aromatic heterocycles. The molecule has 0 radical (unpaired) electrons. The van der Waals surface area contributed by atoms with Gasteiger partial charge in [0.1, 0.15) is 6.23 Å². The third kappa shape index (κ3) is 4.26. The van der Waals surface area contributed by atoms with Gasteiger partial charge in [-0.05, 0) is 5.41 Å². The predicted octanol–water partition coefficient (Wildman–Crippen LogP) is 1.77. The fourth-order valence-corrected chi connectivity index (χ4v) is 2.19. The number of hydrogen-bond acceptors (Lipinski definition) is 5. The first-order valence-corrected chi connectivity index (χ1v) is 6.49. The van der Waals surface area contributed by atoms with Crippen molar-refractivity contribution in [3.63, 3.8) is 0 Å². The summed E-state index contributed by atoms with van der Waals surface area (Å²) in [5.41, 5.74) is 5.53. The molecule has 3 nitrogen and oxygen atoms in total. The highest BCUT2D eigenvalue weighted by Crippen LogP contribution is 2.28. The largest absolute Gasteiger partial charge is 0.403 e. The molecule has 1 saturated heterocycles. The normalized spacial score (nSPS) is 28.4. The molecule has 0 saturated carbocycles. The van der Waals surface area contributed by atoms with E-state index in [0.29, 0.717) is 0 Å². The van der Waals surface area contributed by atoms with Gasteiger partial charge in [0.05, 0.1) is 10.3 Å². The Morgan fingerprint density at radius 3 is 2.80 bits per heavy atom. The van der Waals surface area contributed by atoms with Crippen molar-refractivity contribution < 1.29 is 4.74 Å². The first kappa shape index (κ1) is 13.2. The first-order valence-electron chi connectivity index (χ1n) is 5.06. The van der Waals surface area contributed by atoms with Crippen LogP contribution < -0.4 is 11.1 Å². The minimum Gasteiger partial charge on any atom is -0.403 e. The lowest BCUT2D eigenvalue weighted by molar-refractivity contribution is -0.00461. The van der Waals surface area contributed by atoms with Gasteiger partial charge in [-0.3, -0.25) is 5.32 Å². The molecule has 2 atom stereocenters. The van der Waals surface area contributed by atoms with Gasteiger partial charge in [-0.25, -0.2) is 0 Å². The van der Waals surface area contributed by atoms with E-state index >= 15 is 0 Å². The summed E-state index contributed by atoms with van der Waals surface area (Å²) in [6, 6.07) is 0. The molecule has 0 bridgehead atoms. The van der Waals surface area contributed by atoms with E-state index in [1.165, 1.54) is 6.20 Å². The molecule has 1 heterocycles. The van der Waals surface area contributed by atoms with Crippen molar-refractivity contribution in [2.24, 2.45) is 11.1 Å². The summed E-state index contributed by atoms with van der Waals surface area (Å²) in [4.78, 5) is 0. The average Bonchev–Trinajstić information content (AvgIpc) is 2.61. The quantitative estimate of drug-likeness (QED) is 0.666. The van der Waals surface area contributed by atoms with Gasteiger partial charge in [0.2, 0.25) is 0 Å². The second-order valence-electron chi connectivity index (χ2n) is 4.70. The maximum atomic E-state index is 5.89. The summed E-state index contributed by atoms with van der Waals surface area (Å²) in [5.74, 6) is 0.846. The van der Waals surface area contributed by atoms with Crippen LogP contribution in [0.5, 0.6) is 0 Å². The van der Waals surface area contributed by atoms with Crippen LogP contribution in [-0.2, 0) is 4.74 Å². The molecule has 5 heteroatoms. The van der Waals surface area contributed by atoms with E-state index in [9.17, 15) is 0 Å². The molecule has 15 heavy (non-hydrogen) atoms. The zero-order chi connectivity index (χ0) is 11.5. The molecule has 1 aliphatic heterocycles. The third-order valence-corrected chi connectivity index (χ3v) is 3.79. The summed E-state index contributed by atoms with van der Waals surface area (Å²) in [5, 5.41) is 3.35. The molecule has 1 fully saturated rings. The van der Waals surface area contributed by atoms with Crippen LogP contribution in [0, 0.1) is 5.41 Å². The van der Waals surface area contributed by atoms with E-state index in [1.54, 1.807) is 11.8 Å². The summed E-state index contributed by atoms with van der Waals surface area (Å²) >= 11 is 5.80. The molecule has 0 amide bonds. The van der Waals surface area contributed by atoms with Crippen molar-refractivity contribution >= 4 is 24.4 Å². The molecule has 2 unspecified atom stereocenters. The topological polar surface area (TPSA) is 47.3 Å². The summed E-state index contributed by atoms with van der Waals surface area (Å²) in [6.07, 6.45) is 1.90. The van der Waals surface area contributed by atoms with E-state index in [2.05, 4.69) is 38.7 Å². The smallest absolute Gasteiger partial charge is 0.118 e. The highest BCUT2D eigenvalue weighted by Gasteiger charge is 2.33. The van der Waals surface area contributed by atoms with E-state index < -0.39 is 0 Å². The molecule has 0 aromatic carbocycles. The van der Waals surface area contributed by atoms with Crippen LogP contribution in [0.2, 0.25) is 0 Å². The van der Waals surface area contributed by atoms with Gasteiger partial charge >= 0.3 is 0 Å².